The first-order valence-electron chi connectivity index (χ1n) is 9.57. The molecule has 0 unspecified atom stereocenters. The number of rotatable bonds is 5. The van der Waals surface area contributed by atoms with Crippen LogP contribution >= 0.6 is 0 Å². The van der Waals surface area contributed by atoms with Gasteiger partial charge in [-0.1, -0.05) is 57.2 Å². The normalized spacial score (nSPS) is 13.6. The molecule has 2 aromatic carbocycles. The Kier molecular flexibility index (Phi) is 5.35. The molecule has 0 N–H and O–H groups in total. The molecule has 0 aliphatic carbocycles. The van der Waals surface area contributed by atoms with Crippen LogP contribution in [0.3, 0.4) is 0 Å². The summed E-state index contributed by atoms with van der Waals surface area (Å²) >= 11 is 0. The summed E-state index contributed by atoms with van der Waals surface area (Å²) in [5, 5.41) is 2.26. The van der Waals surface area contributed by atoms with Crippen molar-refractivity contribution in [1.29, 1.82) is 0 Å². The van der Waals surface area contributed by atoms with Crippen molar-refractivity contribution >= 4 is 42.6 Å². The number of benzene rings is 2. The fourth-order valence-electron chi connectivity index (χ4n) is 2.78. The van der Waals surface area contributed by atoms with Gasteiger partial charge in [0.1, 0.15) is 23.2 Å². The van der Waals surface area contributed by atoms with Gasteiger partial charge in [-0.05, 0) is 48.8 Å². The van der Waals surface area contributed by atoms with Crippen LogP contribution in [-0.2, 0) is 4.79 Å². The lowest BCUT2D eigenvalue weighted by atomic mass is 10.1. The SMILES string of the molecule is C/C(C=O)=C\C=C\c1cccc2c1oc1ccc(O[Si](C)(C)C(C)(C)C)cc12. The van der Waals surface area contributed by atoms with E-state index in [1.54, 1.807) is 13.0 Å². The van der Waals surface area contributed by atoms with Gasteiger partial charge in [-0.15, -0.1) is 0 Å². The van der Waals surface area contributed by atoms with Crippen LogP contribution in [0.4, 0.5) is 0 Å². The number of aldehydes is 1. The summed E-state index contributed by atoms with van der Waals surface area (Å²) in [5.41, 5.74) is 3.35. The van der Waals surface area contributed by atoms with E-state index in [9.17, 15) is 4.79 Å². The second-order valence-electron chi connectivity index (χ2n) is 8.73. The van der Waals surface area contributed by atoms with Crippen molar-refractivity contribution in [3.63, 3.8) is 0 Å². The van der Waals surface area contributed by atoms with E-state index in [4.69, 9.17) is 8.84 Å². The fourth-order valence-corrected chi connectivity index (χ4v) is 3.81. The number of carbonyl (C=O) groups excluding carboxylic acids is 1. The molecule has 28 heavy (non-hydrogen) atoms. The molecule has 0 aliphatic heterocycles. The second-order valence-corrected chi connectivity index (χ2v) is 13.5. The van der Waals surface area contributed by atoms with Crippen LogP contribution in [0.2, 0.25) is 18.1 Å². The molecular formula is C24H28O3Si. The third kappa shape index (κ3) is 3.97. The van der Waals surface area contributed by atoms with Gasteiger partial charge in [0.15, 0.2) is 0 Å². The summed E-state index contributed by atoms with van der Waals surface area (Å²) in [6.07, 6.45) is 6.47. The van der Waals surface area contributed by atoms with Gasteiger partial charge in [0.25, 0.3) is 0 Å². The van der Waals surface area contributed by atoms with Crippen molar-refractivity contribution in [1.82, 2.24) is 0 Å². The smallest absolute Gasteiger partial charge is 0.250 e. The number of allylic oxidation sites excluding steroid dienone is 3. The molecule has 146 valence electrons. The summed E-state index contributed by atoms with van der Waals surface area (Å²) in [6, 6.07) is 12.2. The Bertz CT molecular complexity index is 1080. The average Bonchev–Trinajstić information content (AvgIpc) is 2.99. The molecule has 0 saturated carbocycles. The maximum absolute atomic E-state index is 10.7. The van der Waals surface area contributed by atoms with Crippen LogP contribution in [0.15, 0.2) is 58.5 Å². The topological polar surface area (TPSA) is 39.4 Å². The summed E-state index contributed by atoms with van der Waals surface area (Å²) in [7, 11) is -1.90. The molecule has 3 rings (SSSR count). The molecule has 3 aromatic rings. The number of carbonyl (C=O) groups is 1. The number of hydrogen-bond acceptors (Lipinski definition) is 3. The van der Waals surface area contributed by atoms with Crippen molar-refractivity contribution in [3.8, 4) is 5.75 Å². The number of para-hydroxylation sites is 1. The zero-order valence-electron chi connectivity index (χ0n) is 17.5. The van der Waals surface area contributed by atoms with E-state index >= 15 is 0 Å². The van der Waals surface area contributed by atoms with Gasteiger partial charge in [0.2, 0.25) is 8.32 Å². The lowest BCUT2D eigenvalue weighted by molar-refractivity contribution is -0.104. The van der Waals surface area contributed by atoms with Crippen molar-refractivity contribution < 1.29 is 13.6 Å². The van der Waals surface area contributed by atoms with Crippen LogP contribution in [0.1, 0.15) is 33.3 Å². The Morgan fingerprint density at radius 2 is 1.86 bits per heavy atom. The lowest BCUT2D eigenvalue weighted by Crippen LogP contribution is -2.43. The van der Waals surface area contributed by atoms with E-state index in [2.05, 4.69) is 46.0 Å². The van der Waals surface area contributed by atoms with Gasteiger partial charge in [0, 0.05) is 16.3 Å². The Hall–Kier alpha value is -2.59. The third-order valence-corrected chi connectivity index (χ3v) is 9.86. The first-order chi connectivity index (χ1) is 13.1. The fraction of sp³-hybridized carbons (Fsp3) is 0.292. The minimum Gasteiger partial charge on any atom is -0.543 e. The molecule has 3 nitrogen and oxygen atoms in total. The maximum Gasteiger partial charge on any atom is 0.250 e. The monoisotopic (exact) mass is 392 g/mol. The van der Waals surface area contributed by atoms with Crippen LogP contribution in [0, 0.1) is 0 Å². The van der Waals surface area contributed by atoms with Crippen LogP contribution in [-0.4, -0.2) is 14.6 Å². The minimum absolute atomic E-state index is 0.144. The first kappa shape index (κ1) is 20.1. The predicted molar refractivity (Wildman–Crippen MR) is 120 cm³/mol. The highest BCUT2D eigenvalue weighted by molar-refractivity contribution is 6.74. The zero-order valence-corrected chi connectivity index (χ0v) is 18.5. The molecular weight excluding hydrogens is 364 g/mol. The molecule has 4 heteroatoms. The van der Waals surface area contributed by atoms with E-state index in [0.29, 0.717) is 5.57 Å². The minimum atomic E-state index is -1.90. The molecule has 0 atom stereocenters. The highest BCUT2D eigenvalue weighted by Crippen LogP contribution is 2.39. The Balaban J connectivity index is 2.04. The highest BCUT2D eigenvalue weighted by atomic mass is 28.4. The van der Waals surface area contributed by atoms with E-state index in [1.165, 1.54) is 0 Å². The highest BCUT2D eigenvalue weighted by Gasteiger charge is 2.39. The van der Waals surface area contributed by atoms with Crippen molar-refractivity contribution in [3.05, 3.63) is 59.7 Å². The largest absolute Gasteiger partial charge is 0.543 e. The van der Waals surface area contributed by atoms with Gasteiger partial charge in [-0.2, -0.15) is 0 Å². The molecule has 0 amide bonds. The molecule has 0 radical (unpaired) electrons. The molecule has 1 aromatic heterocycles. The molecule has 1 heterocycles. The zero-order chi connectivity index (χ0) is 20.5. The Labute approximate surface area is 167 Å². The quantitative estimate of drug-likeness (QED) is 0.201. The molecule has 0 bridgehead atoms. The molecule has 0 fully saturated rings. The molecule has 0 aliphatic rings. The van der Waals surface area contributed by atoms with Crippen molar-refractivity contribution in [2.75, 3.05) is 0 Å². The Morgan fingerprint density at radius 1 is 1.11 bits per heavy atom. The number of fused-ring (bicyclic) bond motifs is 3. The van der Waals surface area contributed by atoms with Crippen molar-refractivity contribution in [2.45, 2.75) is 45.8 Å². The molecule has 0 spiro atoms. The van der Waals surface area contributed by atoms with Gasteiger partial charge in [-0.25, -0.2) is 0 Å². The van der Waals surface area contributed by atoms with Gasteiger partial charge in [-0.3, -0.25) is 4.79 Å². The van der Waals surface area contributed by atoms with Crippen LogP contribution in [0.5, 0.6) is 5.75 Å². The summed E-state index contributed by atoms with van der Waals surface area (Å²) in [4.78, 5) is 10.7. The van der Waals surface area contributed by atoms with Gasteiger partial charge < -0.3 is 8.84 Å². The van der Waals surface area contributed by atoms with E-state index in [0.717, 1.165) is 39.5 Å². The average molecular weight is 393 g/mol. The van der Waals surface area contributed by atoms with Crippen molar-refractivity contribution in [2.24, 2.45) is 0 Å². The predicted octanol–water partition coefficient (Wildman–Crippen LogP) is 7.13. The maximum atomic E-state index is 10.7. The molecule has 0 saturated heterocycles. The lowest BCUT2D eigenvalue weighted by Gasteiger charge is -2.36. The van der Waals surface area contributed by atoms with Gasteiger partial charge >= 0.3 is 0 Å². The first-order valence-corrected chi connectivity index (χ1v) is 12.5. The second kappa shape index (κ2) is 7.44. The van der Waals surface area contributed by atoms with E-state index < -0.39 is 8.32 Å². The third-order valence-electron chi connectivity index (χ3n) is 5.50. The summed E-state index contributed by atoms with van der Waals surface area (Å²) in [5.74, 6) is 0.896. The number of hydrogen-bond donors (Lipinski definition) is 0. The standard InChI is InChI=1S/C24H28O3Si/c1-17(16-25)9-7-10-18-11-8-12-20-21-15-19(13-14-22(21)26-23(18)20)27-28(5,6)24(2,3)4/h7-16H,1-6H3/b10-7+,17-9+. The Morgan fingerprint density at radius 3 is 2.54 bits per heavy atom. The summed E-state index contributed by atoms with van der Waals surface area (Å²) < 4.78 is 12.6. The van der Waals surface area contributed by atoms with E-state index in [1.807, 2.05) is 36.4 Å². The van der Waals surface area contributed by atoms with E-state index in [-0.39, 0.29) is 5.04 Å². The van der Waals surface area contributed by atoms with Crippen LogP contribution in [0.25, 0.3) is 28.0 Å². The summed E-state index contributed by atoms with van der Waals surface area (Å²) in [6.45, 7) is 13.0. The number of furan rings is 1. The van der Waals surface area contributed by atoms with Crippen LogP contribution < -0.4 is 4.43 Å². The van der Waals surface area contributed by atoms with Gasteiger partial charge in [0.05, 0.1) is 0 Å².